The summed E-state index contributed by atoms with van der Waals surface area (Å²) < 4.78 is 8.18. The third-order valence-corrected chi connectivity index (χ3v) is 3.90. The monoisotopic (exact) mass is 305 g/mol. The number of carbonyl (C=O) groups is 1. The van der Waals surface area contributed by atoms with Gasteiger partial charge in [-0.15, -0.1) is 0 Å². The quantitative estimate of drug-likeness (QED) is 0.807. The molecule has 0 radical (unpaired) electrons. The van der Waals surface area contributed by atoms with E-state index < -0.39 is 0 Å². The van der Waals surface area contributed by atoms with Crippen molar-refractivity contribution >= 4 is 29.2 Å². The van der Waals surface area contributed by atoms with Crippen molar-refractivity contribution in [2.45, 2.75) is 38.8 Å². The molecule has 0 spiro atoms. The average molecular weight is 305 g/mol. The number of rotatable bonds is 6. The maximum atomic E-state index is 11.8. The minimum Gasteiger partial charge on any atom is -0.492 e. The molecule has 0 atom stereocenters. The van der Waals surface area contributed by atoms with Crippen LogP contribution in [0.2, 0.25) is 0 Å². The summed E-state index contributed by atoms with van der Waals surface area (Å²) in [5, 5.41) is 2.99. The van der Waals surface area contributed by atoms with E-state index in [1.165, 1.54) is 0 Å². The van der Waals surface area contributed by atoms with Crippen molar-refractivity contribution in [3.8, 4) is 5.75 Å². The molecule has 0 saturated heterocycles. The Morgan fingerprint density at radius 3 is 3.05 bits per heavy atom. The molecule has 0 unspecified atom stereocenters. The molecule has 2 aromatic rings. The number of hydrogen-bond acceptors (Lipinski definition) is 3. The Morgan fingerprint density at radius 1 is 1.52 bits per heavy atom. The van der Waals surface area contributed by atoms with Gasteiger partial charge in [0.25, 0.3) is 0 Å². The average Bonchev–Trinajstić information content (AvgIpc) is 3.20. The summed E-state index contributed by atoms with van der Waals surface area (Å²) in [6, 6.07) is 6.25. The van der Waals surface area contributed by atoms with Crippen LogP contribution in [0.1, 0.15) is 26.2 Å². The molecule has 1 aromatic heterocycles. The summed E-state index contributed by atoms with van der Waals surface area (Å²) in [4.78, 5) is 15.0. The topological polar surface area (TPSA) is 59.0 Å². The number of hydrogen-bond donors (Lipinski definition) is 2. The summed E-state index contributed by atoms with van der Waals surface area (Å²) in [7, 11) is 0. The predicted molar refractivity (Wildman–Crippen MR) is 84.1 cm³/mol. The van der Waals surface area contributed by atoms with Gasteiger partial charge in [0.1, 0.15) is 11.3 Å². The van der Waals surface area contributed by atoms with Gasteiger partial charge in [-0.3, -0.25) is 4.79 Å². The van der Waals surface area contributed by atoms with Gasteiger partial charge in [-0.2, -0.15) is 0 Å². The number of carbonyl (C=O) groups excluding carboxylic acids is 1. The molecule has 1 fully saturated rings. The molecule has 1 aliphatic carbocycles. The van der Waals surface area contributed by atoms with Crippen LogP contribution in [0.25, 0.3) is 11.0 Å². The molecular formula is C15H19N3O2S. The lowest BCUT2D eigenvalue weighted by Gasteiger charge is -2.07. The van der Waals surface area contributed by atoms with Crippen LogP contribution >= 0.6 is 12.2 Å². The van der Waals surface area contributed by atoms with E-state index in [1.807, 2.05) is 29.7 Å². The number of ether oxygens (including phenoxy) is 1. The van der Waals surface area contributed by atoms with Crippen LogP contribution in [0.5, 0.6) is 5.75 Å². The van der Waals surface area contributed by atoms with Gasteiger partial charge in [-0.05, 0) is 44.1 Å². The molecule has 112 valence electrons. The van der Waals surface area contributed by atoms with Crippen LogP contribution in [0.15, 0.2) is 18.2 Å². The van der Waals surface area contributed by atoms with E-state index in [0.29, 0.717) is 30.4 Å². The number of benzene rings is 1. The van der Waals surface area contributed by atoms with E-state index in [4.69, 9.17) is 17.0 Å². The number of aromatic amines is 1. The number of aromatic nitrogens is 2. The summed E-state index contributed by atoms with van der Waals surface area (Å²) in [5.41, 5.74) is 1.87. The van der Waals surface area contributed by atoms with E-state index in [-0.39, 0.29) is 5.91 Å². The molecule has 1 aliphatic rings. The second-order valence-corrected chi connectivity index (χ2v) is 5.64. The summed E-state index contributed by atoms with van der Waals surface area (Å²) in [6.07, 6.45) is 2.66. The molecule has 1 aromatic carbocycles. The smallest absolute Gasteiger partial charge is 0.222 e. The van der Waals surface area contributed by atoms with Crippen molar-refractivity contribution in [1.29, 1.82) is 0 Å². The fourth-order valence-electron chi connectivity index (χ4n) is 2.39. The Morgan fingerprint density at radius 2 is 2.33 bits per heavy atom. The van der Waals surface area contributed by atoms with Gasteiger partial charge >= 0.3 is 0 Å². The first kappa shape index (κ1) is 14.1. The van der Waals surface area contributed by atoms with Gasteiger partial charge in [-0.25, -0.2) is 0 Å². The van der Waals surface area contributed by atoms with E-state index in [0.717, 1.165) is 29.6 Å². The minimum atomic E-state index is 0.0923. The van der Waals surface area contributed by atoms with Crippen LogP contribution in [-0.2, 0) is 11.3 Å². The molecule has 1 heterocycles. The first-order chi connectivity index (χ1) is 10.2. The van der Waals surface area contributed by atoms with E-state index in [2.05, 4.69) is 10.3 Å². The maximum absolute atomic E-state index is 11.8. The SMILES string of the molecule is CCOc1cccc2c1[nH]c(=S)n2CCC(=O)NC1CC1. The number of H-pyrrole nitrogens is 1. The van der Waals surface area contributed by atoms with Gasteiger partial charge in [-0.1, -0.05) is 6.07 Å². The predicted octanol–water partition coefficient (Wildman–Crippen LogP) is 2.77. The number of fused-ring (bicyclic) bond motifs is 1. The summed E-state index contributed by atoms with van der Waals surface area (Å²) in [6.45, 7) is 3.13. The second-order valence-electron chi connectivity index (χ2n) is 5.26. The first-order valence-corrected chi connectivity index (χ1v) is 7.73. The van der Waals surface area contributed by atoms with Crippen molar-refractivity contribution in [3.05, 3.63) is 23.0 Å². The molecule has 2 N–H and O–H groups in total. The van der Waals surface area contributed by atoms with Crippen LogP contribution < -0.4 is 10.1 Å². The zero-order chi connectivity index (χ0) is 14.8. The molecule has 1 saturated carbocycles. The molecule has 0 bridgehead atoms. The highest BCUT2D eigenvalue weighted by molar-refractivity contribution is 7.71. The maximum Gasteiger partial charge on any atom is 0.222 e. The number of aryl methyl sites for hydroxylation is 1. The van der Waals surface area contributed by atoms with Gasteiger partial charge < -0.3 is 19.6 Å². The highest BCUT2D eigenvalue weighted by Gasteiger charge is 2.23. The van der Waals surface area contributed by atoms with Crippen LogP contribution in [0, 0.1) is 4.77 Å². The lowest BCUT2D eigenvalue weighted by atomic mass is 10.3. The number of amides is 1. The summed E-state index contributed by atoms with van der Waals surface area (Å²) in [5.74, 6) is 0.886. The standard InChI is InChI=1S/C15H19N3O2S/c1-2-20-12-5-3-4-11-14(12)17-15(21)18(11)9-8-13(19)16-10-6-7-10/h3-5,10H,2,6-9H2,1H3,(H,16,19)(H,17,21). The number of nitrogens with one attached hydrogen (secondary N) is 2. The van der Waals surface area contributed by atoms with Gasteiger partial charge in [0.15, 0.2) is 4.77 Å². The van der Waals surface area contributed by atoms with Crippen molar-refractivity contribution in [2.75, 3.05) is 6.61 Å². The molecule has 21 heavy (non-hydrogen) atoms. The third kappa shape index (κ3) is 3.10. The zero-order valence-electron chi connectivity index (χ0n) is 12.0. The number of imidazole rings is 1. The highest BCUT2D eigenvalue weighted by Crippen LogP contribution is 2.25. The second kappa shape index (κ2) is 5.89. The summed E-state index contributed by atoms with van der Waals surface area (Å²) >= 11 is 5.37. The van der Waals surface area contributed by atoms with E-state index in [1.54, 1.807) is 0 Å². The Kier molecular flexibility index (Phi) is 3.96. The van der Waals surface area contributed by atoms with Crippen LogP contribution in [-0.4, -0.2) is 28.1 Å². The Hall–Kier alpha value is -1.82. The normalized spacial score (nSPS) is 14.3. The Bertz CT molecular complexity index is 715. The third-order valence-electron chi connectivity index (χ3n) is 3.58. The first-order valence-electron chi connectivity index (χ1n) is 7.32. The van der Waals surface area contributed by atoms with Crippen molar-refractivity contribution < 1.29 is 9.53 Å². The molecule has 6 heteroatoms. The lowest BCUT2D eigenvalue weighted by Crippen LogP contribution is -2.26. The highest BCUT2D eigenvalue weighted by atomic mass is 32.1. The molecule has 1 amide bonds. The van der Waals surface area contributed by atoms with Crippen LogP contribution in [0.4, 0.5) is 0 Å². The lowest BCUT2D eigenvalue weighted by molar-refractivity contribution is -0.121. The van der Waals surface area contributed by atoms with E-state index >= 15 is 0 Å². The number of nitrogens with zero attached hydrogens (tertiary/aromatic N) is 1. The zero-order valence-corrected chi connectivity index (χ0v) is 12.8. The minimum absolute atomic E-state index is 0.0923. The van der Waals surface area contributed by atoms with Gasteiger partial charge in [0.2, 0.25) is 5.91 Å². The fourth-order valence-corrected chi connectivity index (χ4v) is 2.68. The largest absolute Gasteiger partial charge is 0.492 e. The van der Waals surface area contributed by atoms with E-state index in [9.17, 15) is 4.79 Å². The van der Waals surface area contributed by atoms with Crippen molar-refractivity contribution in [2.24, 2.45) is 0 Å². The molecular weight excluding hydrogens is 286 g/mol. The molecule has 3 rings (SSSR count). The Balaban J connectivity index is 1.81. The van der Waals surface area contributed by atoms with Gasteiger partial charge in [0.05, 0.1) is 12.1 Å². The Labute approximate surface area is 128 Å². The van der Waals surface area contributed by atoms with Crippen LogP contribution in [0.3, 0.4) is 0 Å². The fraction of sp³-hybridized carbons (Fsp3) is 0.467. The molecule has 5 nitrogen and oxygen atoms in total. The molecule has 0 aliphatic heterocycles. The van der Waals surface area contributed by atoms with Gasteiger partial charge in [0, 0.05) is 19.0 Å². The van der Waals surface area contributed by atoms with Crippen molar-refractivity contribution in [1.82, 2.24) is 14.9 Å². The number of para-hydroxylation sites is 1. The van der Waals surface area contributed by atoms with Crippen molar-refractivity contribution in [3.63, 3.8) is 0 Å².